The van der Waals surface area contributed by atoms with E-state index >= 15 is 0 Å². The van der Waals surface area contributed by atoms with E-state index in [0.717, 1.165) is 73.5 Å². The van der Waals surface area contributed by atoms with Gasteiger partial charge in [0.1, 0.15) is 11.9 Å². The molecule has 1 aromatic carbocycles. The molecule has 0 aliphatic heterocycles. The van der Waals surface area contributed by atoms with Crippen LogP contribution in [0.1, 0.15) is 200 Å². The quantitative estimate of drug-likeness (QED) is 0.0727. The third-order valence-electron chi connectivity index (χ3n) is 14.9. The van der Waals surface area contributed by atoms with Crippen molar-refractivity contribution in [1.29, 1.82) is 0 Å². The molecule has 0 aromatic heterocycles. The van der Waals surface area contributed by atoms with Gasteiger partial charge in [0.2, 0.25) is 0 Å². The number of unbranched alkanes of at least 4 members (excludes halogenated alkanes) is 11. The molecule has 4 aliphatic carbocycles. The molecule has 3 nitrogen and oxygen atoms in total. The minimum Gasteiger partial charge on any atom is -0.494 e. The minimum absolute atomic E-state index is 0.00787. The number of ether oxygens (including phenoxy) is 2. The second-order valence-electron chi connectivity index (χ2n) is 18.8. The highest BCUT2D eigenvalue weighted by molar-refractivity contribution is 5.89. The van der Waals surface area contributed by atoms with Crippen molar-refractivity contribution in [2.45, 2.75) is 195 Å². The van der Waals surface area contributed by atoms with Crippen LogP contribution in [0.15, 0.2) is 35.9 Å². The number of esters is 1. The molecule has 3 heteroatoms. The first-order valence-electron chi connectivity index (χ1n) is 22.3. The fourth-order valence-electron chi connectivity index (χ4n) is 11.8. The number of rotatable bonds is 21. The highest BCUT2D eigenvalue weighted by Crippen LogP contribution is 2.67. The van der Waals surface area contributed by atoms with Crippen molar-refractivity contribution in [1.82, 2.24) is 0 Å². The highest BCUT2D eigenvalue weighted by Gasteiger charge is 2.59. The van der Waals surface area contributed by atoms with Crippen LogP contribution in [-0.4, -0.2) is 18.7 Å². The molecule has 0 radical (unpaired) electrons. The Balaban J connectivity index is 1.02. The van der Waals surface area contributed by atoms with E-state index in [9.17, 15) is 4.79 Å². The maximum Gasteiger partial charge on any atom is 0.338 e. The predicted octanol–water partition coefficient (Wildman–Crippen LogP) is 14.3. The van der Waals surface area contributed by atoms with Crippen LogP contribution in [0.2, 0.25) is 0 Å². The summed E-state index contributed by atoms with van der Waals surface area (Å²) in [6, 6.07) is 7.65. The van der Waals surface area contributed by atoms with Gasteiger partial charge in [-0.1, -0.05) is 143 Å². The molecule has 0 spiro atoms. The summed E-state index contributed by atoms with van der Waals surface area (Å²) in [6.45, 7) is 15.6. The Morgan fingerprint density at radius 3 is 2.10 bits per heavy atom. The molecule has 8 atom stereocenters. The van der Waals surface area contributed by atoms with Gasteiger partial charge < -0.3 is 9.47 Å². The van der Waals surface area contributed by atoms with Crippen LogP contribution in [0.3, 0.4) is 0 Å². The van der Waals surface area contributed by atoms with Crippen LogP contribution < -0.4 is 4.74 Å². The smallest absolute Gasteiger partial charge is 0.338 e. The number of carbonyl (C=O) groups excluding carboxylic acids is 1. The Morgan fingerprint density at radius 1 is 0.765 bits per heavy atom. The molecule has 4 aliphatic rings. The van der Waals surface area contributed by atoms with E-state index in [-0.39, 0.29) is 17.5 Å². The van der Waals surface area contributed by atoms with Crippen molar-refractivity contribution in [2.24, 2.45) is 46.3 Å². The van der Waals surface area contributed by atoms with Gasteiger partial charge >= 0.3 is 5.97 Å². The zero-order chi connectivity index (χ0) is 36.3. The fraction of sp³-hybridized carbons (Fsp3) is 0.812. The molecule has 1 aromatic rings. The summed E-state index contributed by atoms with van der Waals surface area (Å²) in [6.07, 6.45) is 33.0. The summed E-state index contributed by atoms with van der Waals surface area (Å²) in [5.41, 5.74) is 3.04. The molecule has 3 saturated carbocycles. The molecule has 0 N–H and O–H groups in total. The first-order chi connectivity index (χ1) is 24.7. The van der Waals surface area contributed by atoms with Crippen LogP contribution in [0.25, 0.3) is 0 Å². The third kappa shape index (κ3) is 10.5. The second-order valence-corrected chi connectivity index (χ2v) is 18.8. The fourth-order valence-corrected chi connectivity index (χ4v) is 11.8. The number of hydrogen-bond donors (Lipinski definition) is 0. The van der Waals surface area contributed by atoms with Crippen LogP contribution in [0, 0.1) is 46.3 Å². The van der Waals surface area contributed by atoms with Crippen LogP contribution in [0.5, 0.6) is 5.75 Å². The first-order valence-corrected chi connectivity index (χ1v) is 22.3. The zero-order valence-electron chi connectivity index (χ0n) is 34.1. The molecular formula is C48H78O3. The van der Waals surface area contributed by atoms with Crippen molar-refractivity contribution in [3.63, 3.8) is 0 Å². The van der Waals surface area contributed by atoms with E-state index in [1.807, 2.05) is 24.3 Å². The van der Waals surface area contributed by atoms with Crippen molar-refractivity contribution in [3.8, 4) is 5.75 Å². The monoisotopic (exact) mass is 703 g/mol. The average molecular weight is 703 g/mol. The van der Waals surface area contributed by atoms with Crippen LogP contribution >= 0.6 is 0 Å². The van der Waals surface area contributed by atoms with Crippen LogP contribution in [0.4, 0.5) is 0 Å². The summed E-state index contributed by atoms with van der Waals surface area (Å²) in [5.74, 6) is 5.78. The van der Waals surface area contributed by atoms with Gasteiger partial charge in [0, 0.05) is 6.42 Å². The molecule has 5 rings (SSSR count). The SMILES string of the molecule is CCCCCCCCCCCCCCOc1ccc(C(=O)O[C@H]2CC[C@@]3(C)C(=CC[C@H]4[C@@H]5CC[C@H]([C@H](C)CCCC(C)C)[C@@]5(C)CC[C@@H]43)C2)cc1. The largest absolute Gasteiger partial charge is 0.494 e. The van der Waals surface area contributed by atoms with E-state index in [0.29, 0.717) is 11.0 Å². The molecule has 0 saturated heterocycles. The van der Waals surface area contributed by atoms with Gasteiger partial charge in [-0.2, -0.15) is 0 Å². The number of fused-ring (bicyclic) bond motifs is 5. The molecule has 51 heavy (non-hydrogen) atoms. The van der Waals surface area contributed by atoms with Crippen molar-refractivity contribution >= 4 is 5.97 Å². The number of hydrogen-bond acceptors (Lipinski definition) is 3. The molecule has 0 heterocycles. The maximum atomic E-state index is 13.2. The molecule has 0 amide bonds. The Morgan fingerprint density at radius 2 is 1.43 bits per heavy atom. The lowest BCUT2D eigenvalue weighted by atomic mass is 9.47. The third-order valence-corrected chi connectivity index (χ3v) is 14.9. The van der Waals surface area contributed by atoms with Gasteiger partial charge in [0.15, 0.2) is 0 Å². The standard InChI is InChI=1S/C48H78O3/c1-7-8-9-10-11-12-13-14-15-16-17-18-34-50-40-25-22-38(23-26-40)46(49)51-41-30-32-47(5)39(35-41)24-27-42-44-29-28-43(37(4)21-19-20-36(2)3)48(44,6)33-31-45(42)47/h22-26,36-37,41-45H,7-21,27-35H2,1-6H3/t37-,41+,42+,43-,44+,45+,47+,48-/m1/s1. The Kier molecular flexibility index (Phi) is 15.5. The number of carbonyl (C=O) groups is 1. The lowest BCUT2D eigenvalue weighted by Gasteiger charge is -2.58. The molecular weight excluding hydrogens is 625 g/mol. The minimum atomic E-state index is -0.182. The second kappa shape index (κ2) is 19.5. The van der Waals surface area contributed by atoms with Gasteiger partial charge in [0.05, 0.1) is 12.2 Å². The molecule has 288 valence electrons. The Hall–Kier alpha value is -1.77. The topological polar surface area (TPSA) is 35.5 Å². The van der Waals surface area contributed by atoms with Crippen molar-refractivity contribution in [3.05, 3.63) is 41.5 Å². The first kappa shape index (κ1) is 40.4. The molecule has 3 fully saturated rings. The van der Waals surface area contributed by atoms with E-state index in [1.54, 1.807) is 5.57 Å². The lowest BCUT2D eigenvalue weighted by molar-refractivity contribution is -0.0594. The number of allylic oxidation sites excluding steroid dienone is 1. The molecule has 0 bridgehead atoms. The van der Waals surface area contributed by atoms with Gasteiger partial charge in [-0.05, 0) is 122 Å². The van der Waals surface area contributed by atoms with Gasteiger partial charge in [0.25, 0.3) is 0 Å². The van der Waals surface area contributed by atoms with E-state index < -0.39 is 0 Å². The average Bonchev–Trinajstić information content (AvgIpc) is 3.48. The van der Waals surface area contributed by atoms with Gasteiger partial charge in [-0.25, -0.2) is 4.79 Å². The lowest BCUT2D eigenvalue weighted by Crippen LogP contribution is -2.51. The van der Waals surface area contributed by atoms with Crippen LogP contribution in [-0.2, 0) is 4.74 Å². The number of benzene rings is 1. The van der Waals surface area contributed by atoms with Gasteiger partial charge in [-0.3, -0.25) is 0 Å². The highest BCUT2D eigenvalue weighted by atomic mass is 16.5. The zero-order valence-corrected chi connectivity index (χ0v) is 34.1. The van der Waals surface area contributed by atoms with E-state index in [4.69, 9.17) is 9.47 Å². The Labute approximate surface area is 314 Å². The van der Waals surface area contributed by atoms with Crippen molar-refractivity contribution in [2.75, 3.05) is 6.61 Å². The summed E-state index contributed by atoms with van der Waals surface area (Å²) in [5, 5.41) is 0. The van der Waals surface area contributed by atoms with Gasteiger partial charge in [-0.15, -0.1) is 0 Å². The molecule has 0 unspecified atom stereocenters. The van der Waals surface area contributed by atoms with E-state index in [2.05, 4.69) is 47.6 Å². The summed E-state index contributed by atoms with van der Waals surface area (Å²) < 4.78 is 12.2. The van der Waals surface area contributed by atoms with Crippen molar-refractivity contribution < 1.29 is 14.3 Å². The summed E-state index contributed by atoms with van der Waals surface area (Å²) in [4.78, 5) is 13.2. The Bertz CT molecular complexity index is 1220. The normalized spacial score (nSPS) is 30.6. The predicted molar refractivity (Wildman–Crippen MR) is 215 cm³/mol. The summed E-state index contributed by atoms with van der Waals surface area (Å²) >= 11 is 0. The van der Waals surface area contributed by atoms with E-state index in [1.165, 1.54) is 122 Å². The summed E-state index contributed by atoms with van der Waals surface area (Å²) in [7, 11) is 0. The maximum absolute atomic E-state index is 13.2.